The molecule has 0 spiro atoms. The molecule has 0 aromatic carbocycles. The molecule has 0 radical (unpaired) electrons. The van der Waals surface area contributed by atoms with Crippen LogP contribution >= 0.6 is 0 Å². The van der Waals surface area contributed by atoms with Gasteiger partial charge in [-0.05, 0) is 0 Å². The normalized spacial score (nSPS) is 8.00. The van der Waals surface area contributed by atoms with E-state index < -0.39 is 26.4 Å². The van der Waals surface area contributed by atoms with E-state index in [-0.39, 0.29) is 0 Å². The molecule has 0 rings (SSSR count). The van der Waals surface area contributed by atoms with Crippen LogP contribution in [0.1, 0.15) is 0 Å². The average molecular weight is 154 g/mol. The first kappa shape index (κ1) is 7.45. The molecule has 0 aliphatic heterocycles. The number of carboxylic acid groups (broad SMARTS) is 2. The summed E-state index contributed by atoms with van der Waals surface area (Å²) in [6.45, 7) is 0. The summed E-state index contributed by atoms with van der Waals surface area (Å²) < 4.78 is 6.50. The third-order valence-electron chi connectivity index (χ3n) is 0.388. The van der Waals surface area contributed by atoms with Gasteiger partial charge in [0, 0.05) is 0 Å². The summed E-state index contributed by atoms with van der Waals surface area (Å²) in [5.74, 6) is 0. The second-order valence-corrected chi connectivity index (χ2v) is 3.30. The first-order chi connectivity index (χ1) is 3.55. The Kier molecular flexibility index (Phi) is 2.50. The summed E-state index contributed by atoms with van der Waals surface area (Å²) in [4.78, 5) is 19.0. The summed E-state index contributed by atoms with van der Waals surface area (Å²) in [6.07, 6.45) is 0. The fourth-order valence-corrected chi connectivity index (χ4v) is 0.377. The van der Waals surface area contributed by atoms with Crippen LogP contribution in [-0.2, 0) is 21.2 Å². The van der Waals surface area contributed by atoms with E-state index in [4.69, 9.17) is 10.2 Å². The molecule has 0 fully saturated rings. The molecule has 44 valence electrons. The molecule has 6 heteroatoms. The molecular formula is C2H2O5Ti. The molecule has 5 nitrogen and oxygen atoms in total. The molecular weight excluding hydrogens is 152 g/mol. The zero-order valence-corrected chi connectivity index (χ0v) is 5.18. The van der Waals surface area contributed by atoms with E-state index in [0.29, 0.717) is 0 Å². The van der Waals surface area contributed by atoms with E-state index in [9.17, 15) is 12.9 Å². The molecule has 0 unspecified atom stereocenters. The minimum atomic E-state index is -4.01. The SMILES string of the molecule is O=[C](O)[Ti](=[O])[C](=O)O. The Morgan fingerprint density at radius 2 is 1.38 bits per heavy atom. The van der Waals surface area contributed by atoms with Crippen molar-refractivity contribution >= 4 is 8.55 Å². The Morgan fingerprint density at radius 3 is 1.38 bits per heavy atom. The minimum absolute atomic E-state index is 1.70. The second-order valence-electron chi connectivity index (χ2n) is 0.939. The second kappa shape index (κ2) is 2.69. The van der Waals surface area contributed by atoms with Crippen LogP contribution in [0.25, 0.3) is 0 Å². The molecule has 8 heavy (non-hydrogen) atoms. The quantitative estimate of drug-likeness (QED) is 0.558. The number of hydrogen-bond acceptors (Lipinski definition) is 3. The summed E-state index contributed by atoms with van der Waals surface area (Å²) in [5, 5.41) is 15.5. The van der Waals surface area contributed by atoms with Crippen LogP contribution in [0, 0.1) is 0 Å². The zero-order chi connectivity index (χ0) is 6.73. The summed E-state index contributed by atoms with van der Waals surface area (Å²) in [5.41, 5.74) is 0. The van der Waals surface area contributed by atoms with Gasteiger partial charge in [-0.2, -0.15) is 0 Å². The van der Waals surface area contributed by atoms with Crippen molar-refractivity contribution in [3.05, 3.63) is 0 Å². The van der Waals surface area contributed by atoms with Crippen molar-refractivity contribution in [2.24, 2.45) is 0 Å². The molecule has 0 heterocycles. The third-order valence-corrected chi connectivity index (χ3v) is 1.60. The maximum atomic E-state index is 9.89. The average Bonchev–Trinajstić information content (AvgIpc) is 1.64. The van der Waals surface area contributed by atoms with E-state index in [1.54, 1.807) is 0 Å². The van der Waals surface area contributed by atoms with Gasteiger partial charge in [-0.15, -0.1) is 0 Å². The summed E-state index contributed by atoms with van der Waals surface area (Å²) in [6, 6.07) is 0. The van der Waals surface area contributed by atoms with Gasteiger partial charge in [0.25, 0.3) is 0 Å². The van der Waals surface area contributed by atoms with Crippen LogP contribution in [-0.4, -0.2) is 18.8 Å². The van der Waals surface area contributed by atoms with Crippen LogP contribution in [0.4, 0.5) is 9.59 Å². The number of carbonyl (C=O) groups is 2. The van der Waals surface area contributed by atoms with Gasteiger partial charge in [-0.25, -0.2) is 0 Å². The van der Waals surface area contributed by atoms with Crippen molar-refractivity contribution in [1.82, 2.24) is 0 Å². The van der Waals surface area contributed by atoms with Crippen molar-refractivity contribution in [3.63, 3.8) is 0 Å². The van der Waals surface area contributed by atoms with Crippen LogP contribution in [0.2, 0.25) is 0 Å². The van der Waals surface area contributed by atoms with E-state index >= 15 is 0 Å². The monoisotopic (exact) mass is 154 g/mol. The van der Waals surface area contributed by atoms with Crippen molar-refractivity contribution in [2.45, 2.75) is 0 Å². The standard InChI is InChI=1S/2CHO2.O.Ti/c2*2-1-3;;/h2*(H,2,3);;. The summed E-state index contributed by atoms with van der Waals surface area (Å²) >= 11 is -4.01. The predicted octanol–water partition coefficient (Wildman–Crippen LogP) is 0.306. The van der Waals surface area contributed by atoms with E-state index in [2.05, 4.69) is 0 Å². The van der Waals surface area contributed by atoms with E-state index in [1.165, 1.54) is 0 Å². The van der Waals surface area contributed by atoms with Crippen LogP contribution in [0.5, 0.6) is 0 Å². The molecule has 0 aliphatic carbocycles. The number of hydrogen-bond donors (Lipinski definition) is 2. The van der Waals surface area contributed by atoms with Gasteiger partial charge in [0.05, 0.1) is 0 Å². The van der Waals surface area contributed by atoms with Crippen molar-refractivity contribution < 1.29 is 41.0 Å². The Hall–Kier alpha value is -0.546. The predicted molar refractivity (Wildman–Crippen MR) is 16.7 cm³/mol. The fourth-order valence-electron chi connectivity index (χ4n) is 0.0915. The van der Waals surface area contributed by atoms with Gasteiger partial charge < -0.3 is 0 Å². The van der Waals surface area contributed by atoms with Gasteiger partial charge in [-0.3, -0.25) is 0 Å². The van der Waals surface area contributed by atoms with Gasteiger partial charge in [0.2, 0.25) is 0 Å². The molecule has 0 aromatic heterocycles. The molecule has 0 aromatic rings. The fraction of sp³-hybridized carbons (Fsp3) is 0. The molecule has 0 aliphatic rings. The zero-order valence-electron chi connectivity index (χ0n) is 3.62. The molecule has 2 N–H and O–H groups in total. The molecule has 0 saturated heterocycles. The third kappa shape index (κ3) is 1.95. The molecule has 0 bridgehead atoms. The Bertz CT molecular complexity index is 133. The Balaban J connectivity index is 4.05. The van der Waals surface area contributed by atoms with Gasteiger partial charge >= 0.3 is 49.5 Å². The van der Waals surface area contributed by atoms with Gasteiger partial charge in [0.15, 0.2) is 0 Å². The van der Waals surface area contributed by atoms with Crippen molar-refractivity contribution in [1.29, 1.82) is 0 Å². The van der Waals surface area contributed by atoms with Crippen LogP contribution < -0.4 is 0 Å². The topological polar surface area (TPSA) is 91.7 Å². The van der Waals surface area contributed by atoms with Gasteiger partial charge in [-0.1, -0.05) is 0 Å². The van der Waals surface area contributed by atoms with Crippen LogP contribution in [0.15, 0.2) is 0 Å². The molecule has 0 atom stereocenters. The van der Waals surface area contributed by atoms with E-state index in [0.717, 1.165) is 0 Å². The first-order valence-corrected chi connectivity index (χ1v) is 3.76. The van der Waals surface area contributed by atoms with E-state index in [1.807, 2.05) is 0 Å². The van der Waals surface area contributed by atoms with Crippen LogP contribution in [0.3, 0.4) is 0 Å². The summed E-state index contributed by atoms with van der Waals surface area (Å²) in [7, 11) is 0. The Morgan fingerprint density at radius 1 is 1.12 bits per heavy atom. The van der Waals surface area contributed by atoms with Crippen molar-refractivity contribution in [2.75, 3.05) is 0 Å². The Labute approximate surface area is 50.1 Å². The molecule has 0 saturated carbocycles. The maximum absolute atomic E-state index is 9.89. The van der Waals surface area contributed by atoms with Gasteiger partial charge in [0.1, 0.15) is 0 Å². The van der Waals surface area contributed by atoms with Crippen molar-refractivity contribution in [3.8, 4) is 0 Å². The molecule has 0 amide bonds. The number of rotatable bonds is 2. The first-order valence-electron chi connectivity index (χ1n) is 1.56.